The first-order valence-electron chi connectivity index (χ1n) is 3.81. The van der Waals surface area contributed by atoms with E-state index in [1.54, 1.807) is 0 Å². The minimum Gasteiger partial charge on any atom is -0.480 e. The summed E-state index contributed by atoms with van der Waals surface area (Å²) in [5.74, 6) is -1.42. The van der Waals surface area contributed by atoms with Crippen molar-refractivity contribution in [1.82, 2.24) is 14.5 Å². The van der Waals surface area contributed by atoms with Gasteiger partial charge in [0.05, 0.1) is 6.20 Å². The Balaban J connectivity index is 2.76. The molecule has 0 aromatic carbocycles. The monoisotopic (exact) mass is 215 g/mol. The van der Waals surface area contributed by atoms with Gasteiger partial charge < -0.3 is 10.0 Å². The number of rotatable bonds is 3. The average Bonchev–Trinajstić information content (AvgIpc) is 2.67. The zero-order valence-corrected chi connectivity index (χ0v) is 8.48. The van der Waals surface area contributed by atoms with Gasteiger partial charge in [-0.15, -0.1) is 5.10 Å². The fraction of sp³-hybridized carbons (Fsp3) is 0.429. The van der Waals surface area contributed by atoms with E-state index >= 15 is 0 Å². The molecule has 0 aliphatic carbocycles. The summed E-state index contributed by atoms with van der Waals surface area (Å²) in [5.41, 5.74) is 0. The van der Waals surface area contributed by atoms with E-state index in [0.29, 0.717) is 4.88 Å². The number of aromatic nitrogens is 2. The number of nitrogens with zero attached hydrogens (tertiary/aromatic N) is 3. The van der Waals surface area contributed by atoms with Crippen LogP contribution in [0.4, 0.5) is 0 Å². The third kappa shape index (κ3) is 2.05. The fourth-order valence-electron chi connectivity index (χ4n) is 0.777. The van der Waals surface area contributed by atoms with Gasteiger partial charge in [-0.25, -0.2) is 4.79 Å². The molecule has 1 aromatic rings. The van der Waals surface area contributed by atoms with E-state index in [1.165, 1.54) is 20.2 Å². The van der Waals surface area contributed by atoms with Crippen LogP contribution in [0.25, 0.3) is 0 Å². The normalized spacial score (nSPS) is 12.1. The molecule has 0 fully saturated rings. The fourth-order valence-corrected chi connectivity index (χ4v) is 1.28. The molecule has 0 spiro atoms. The van der Waals surface area contributed by atoms with Crippen molar-refractivity contribution >= 4 is 23.4 Å². The Kier molecular flexibility index (Phi) is 3.13. The highest BCUT2D eigenvalue weighted by atomic mass is 32.1. The van der Waals surface area contributed by atoms with Crippen molar-refractivity contribution in [1.29, 1.82) is 0 Å². The molecule has 1 rings (SSSR count). The van der Waals surface area contributed by atoms with E-state index in [0.717, 1.165) is 16.4 Å². The molecule has 0 saturated heterocycles. The van der Waals surface area contributed by atoms with Gasteiger partial charge in [0.2, 0.25) is 0 Å². The molecule has 1 amide bonds. The third-order valence-electron chi connectivity index (χ3n) is 1.83. The van der Waals surface area contributed by atoms with Crippen LogP contribution in [0.5, 0.6) is 0 Å². The van der Waals surface area contributed by atoms with E-state index in [4.69, 9.17) is 5.11 Å². The number of carbonyl (C=O) groups excluding carboxylic acids is 1. The topological polar surface area (TPSA) is 83.4 Å². The highest BCUT2D eigenvalue weighted by molar-refractivity contribution is 7.07. The summed E-state index contributed by atoms with van der Waals surface area (Å²) in [4.78, 5) is 23.6. The lowest BCUT2D eigenvalue weighted by molar-refractivity contribution is -0.141. The highest BCUT2D eigenvalue weighted by Gasteiger charge is 2.23. The van der Waals surface area contributed by atoms with E-state index in [9.17, 15) is 9.59 Å². The van der Waals surface area contributed by atoms with Gasteiger partial charge in [0.1, 0.15) is 10.9 Å². The molecule has 1 unspecified atom stereocenters. The smallest absolute Gasteiger partial charge is 0.326 e. The molecule has 1 N–H and O–H groups in total. The Morgan fingerprint density at radius 2 is 2.29 bits per heavy atom. The van der Waals surface area contributed by atoms with Crippen molar-refractivity contribution in [2.75, 3.05) is 7.05 Å². The highest BCUT2D eigenvalue weighted by Crippen LogP contribution is 2.08. The molecule has 1 heterocycles. The van der Waals surface area contributed by atoms with Crippen LogP contribution in [-0.2, 0) is 4.79 Å². The Hall–Kier alpha value is -1.50. The molecule has 1 atom stereocenters. The minimum absolute atomic E-state index is 0.334. The van der Waals surface area contributed by atoms with Gasteiger partial charge in [-0.2, -0.15) is 0 Å². The second kappa shape index (κ2) is 4.14. The van der Waals surface area contributed by atoms with Crippen molar-refractivity contribution in [3.8, 4) is 0 Å². The number of carbonyl (C=O) groups is 2. The van der Waals surface area contributed by atoms with Crippen LogP contribution in [0.3, 0.4) is 0 Å². The van der Waals surface area contributed by atoms with Crippen molar-refractivity contribution < 1.29 is 14.7 Å². The zero-order valence-electron chi connectivity index (χ0n) is 7.67. The molecule has 0 aliphatic rings. The molecular formula is C7H9N3O3S. The van der Waals surface area contributed by atoms with Crippen molar-refractivity contribution in [3.63, 3.8) is 0 Å². The maximum absolute atomic E-state index is 11.5. The lowest BCUT2D eigenvalue weighted by Gasteiger charge is -2.19. The predicted molar refractivity (Wildman–Crippen MR) is 49.1 cm³/mol. The molecule has 0 bridgehead atoms. The summed E-state index contributed by atoms with van der Waals surface area (Å²) in [5, 5.41) is 12.2. The quantitative estimate of drug-likeness (QED) is 0.772. The van der Waals surface area contributed by atoms with Gasteiger partial charge in [0.25, 0.3) is 5.91 Å². The van der Waals surface area contributed by atoms with Gasteiger partial charge in [-0.3, -0.25) is 4.79 Å². The largest absolute Gasteiger partial charge is 0.480 e. The number of amides is 1. The Morgan fingerprint density at radius 1 is 1.64 bits per heavy atom. The van der Waals surface area contributed by atoms with Crippen LogP contribution in [0.2, 0.25) is 0 Å². The lowest BCUT2D eigenvalue weighted by atomic mass is 10.3. The number of likely N-dealkylation sites (N-methyl/N-ethyl adjacent to an activating group) is 1. The molecule has 0 saturated carbocycles. The molecule has 1 aromatic heterocycles. The maximum Gasteiger partial charge on any atom is 0.326 e. The van der Waals surface area contributed by atoms with Gasteiger partial charge in [-0.05, 0) is 18.5 Å². The number of aliphatic carboxylic acids is 1. The summed E-state index contributed by atoms with van der Waals surface area (Å²) in [6.07, 6.45) is 1.32. The average molecular weight is 215 g/mol. The summed E-state index contributed by atoms with van der Waals surface area (Å²) >= 11 is 0.943. The third-order valence-corrected chi connectivity index (χ3v) is 2.48. The van der Waals surface area contributed by atoms with Crippen molar-refractivity contribution in [3.05, 3.63) is 11.1 Å². The first kappa shape index (κ1) is 10.6. The van der Waals surface area contributed by atoms with E-state index in [2.05, 4.69) is 9.59 Å². The first-order valence-corrected chi connectivity index (χ1v) is 4.58. The van der Waals surface area contributed by atoms with E-state index < -0.39 is 12.0 Å². The molecule has 6 nitrogen and oxygen atoms in total. The van der Waals surface area contributed by atoms with Gasteiger partial charge >= 0.3 is 5.97 Å². The molecule has 7 heteroatoms. The number of carboxylic acid groups (broad SMARTS) is 1. The standard InChI is InChI=1S/C7H9N3O3S/c1-4(7(12)13)10(2)6(11)5-3-8-9-14-5/h3-4H,1-2H3,(H,12,13). The number of hydrogen-bond donors (Lipinski definition) is 1. The van der Waals surface area contributed by atoms with Crippen LogP contribution < -0.4 is 0 Å². The second-order valence-electron chi connectivity index (χ2n) is 2.71. The first-order chi connectivity index (χ1) is 6.54. The summed E-state index contributed by atoms with van der Waals surface area (Å²) in [7, 11) is 1.43. The van der Waals surface area contributed by atoms with E-state index in [-0.39, 0.29) is 5.91 Å². The minimum atomic E-state index is -1.04. The number of carboxylic acids is 1. The van der Waals surface area contributed by atoms with Gasteiger partial charge in [-0.1, -0.05) is 4.49 Å². The number of hydrogen-bond acceptors (Lipinski definition) is 5. The molecule has 0 radical (unpaired) electrons. The SMILES string of the molecule is CC(C(=O)O)N(C)C(=O)c1cnns1. The Labute approximate surface area is 84.3 Å². The predicted octanol–water partition coefficient (Wildman–Crippen LogP) is 0.0832. The molecule has 76 valence electrons. The molecular weight excluding hydrogens is 206 g/mol. The van der Waals surface area contributed by atoms with E-state index in [1.807, 2.05) is 0 Å². The summed E-state index contributed by atoms with van der Waals surface area (Å²) in [6.45, 7) is 1.44. The second-order valence-corrected chi connectivity index (χ2v) is 3.50. The van der Waals surface area contributed by atoms with Gasteiger partial charge in [0.15, 0.2) is 0 Å². The maximum atomic E-state index is 11.5. The summed E-state index contributed by atoms with van der Waals surface area (Å²) in [6, 6.07) is -0.857. The summed E-state index contributed by atoms with van der Waals surface area (Å²) < 4.78 is 3.53. The molecule has 14 heavy (non-hydrogen) atoms. The molecule has 0 aliphatic heterocycles. The Bertz CT molecular complexity index is 338. The Morgan fingerprint density at radius 3 is 2.71 bits per heavy atom. The lowest BCUT2D eigenvalue weighted by Crippen LogP contribution is -2.39. The van der Waals surface area contributed by atoms with Crippen LogP contribution >= 0.6 is 11.5 Å². The van der Waals surface area contributed by atoms with Crippen LogP contribution in [0.15, 0.2) is 6.20 Å². The van der Waals surface area contributed by atoms with Crippen LogP contribution in [-0.4, -0.2) is 44.6 Å². The zero-order chi connectivity index (χ0) is 10.7. The van der Waals surface area contributed by atoms with Crippen LogP contribution in [0, 0.1) is 0 Å². The van der Waals surface area contributed by atoms with Crippen LogP contribution in [0.1, 0.15) is 16.6 Å². The van der Waals surface area contributed by atoms with Gasteiger partial charge in [0, 0.05) is 7.05 Å². The van der Waals surface area contributed by atoms with Crippen molar-refractivity contribution in [2.24, 2.45) is 0 Å². The van der Waals surface area contributed by atoms with Crippen molar-refractivity contribution in [2.45, 2.75) is 13.0 Å².